The topological polar surface area (TPSA) is 137 Å². The maximum Gasteiger partial charge on any atom is 0.573 e. The fourth-order valence-electron chi connectivity index (χ4n) is 1.62. The molecule has 2 aromatic rings. The van der Waals surface area contributed by atoms with Crippen LogP contribution in [0.3, 0.4) is 0 Å². The van der Waals surface area contributed by atoms with Crippen molar-refractivity contribution in [2.45, 2.75) is 6.36 Å². The molecule has 0 aliphatic rings. The van der Waals surface area contributed by atoms with Crippen LogP contribution in [0.4, 0.5) is 18.9 Å². The number of carboxylic acid groups (broad SMARTS) is 1. The zero-order valence-corrected chi connectivity index (χ0v) is 13.4. The number of aromatic nitrogens is 4. The second-order valence-electron chi connectivity index (χ2n) is 4.24. The van der Waals surface area contributed by atoms with Crippen molar-refractivity contribution in [1.29, 1.82) is 5.26 Å². The Hall–Kier alpha value is -3.14. The van der Waals surface area contributed by atoms with Crippen LogP contribution >= 0.6 is 15.9 Å². The minimum Gasteiger partial charge on any atom is -0.478 e. The molecule has 1 heterocycles. The van der Waals surface area contributed by atoms with Crippen molar-refractivity contribution in [2.24, 2.45) is 0 Å². The summed E-state index contributed by atoms with van der Waals surface area (Å²) < 4.78 is 41.3. The standard InChI is InChI=1S/C12H6BrF3N6O3/c13-7-1-5(11(23)24)2-8(9(7)25-12(14,15)16)18-4-6(3-17)10-19-21-22-20-10/h1-2,4,18H,(H,23,24)(H,19,20,21,22). The van der Waals surface area contributed by atoms with E-state index < -0.39 is 18.1 Å². The third-order valence-corrected chi connectivity index (χ3v) is 3.18. The molecular formula is C12H6BrF3N6O3. The number of hydrogen-bond acceptors (Lipinski definition) is 7. The van der Waals surface area contributed by atoms with Gasteiger partial charge in [0.2, 0.25) is 5.82 Å². The average molecular weight is 419 g/mol. The minimum absolute atomic E-state index is 0.109. The first-order valence-corrected chi connectivity index (χ1v) is 6.93. The molecule has 0 unspecified atom stereocenters. The van der Waals surface area contributed by atoms with Crippen molar-refractivity contribution < 1.29 is 27.8 Å². The number of H-pyrrole nitrogens is 1. The second-order valence-corrected chi connectivity index (χ2v) is 5.09. The van der Waals surface area contributed by atoms with E-state index in [1.807, 2.05) is 0 Å². The number of carboxylic acids is 1. The molecule has 9 nitrogen and oxygen atoms in total. The highest BCUT2D eigenvalue weighted by Gasteiger charge is 2.33. The van der Waals surface area contributed by atoms with Gasteiger partial charge in [-0.1, -0.05) is 0 Å². The van der Waals surface area contributed by atoms with Crippen molar-refractivity contribution in [3.05, 3.63) is 34.2 Å². The molecule has 0 spiro atoms. The third kappa shape index (κ3) is 4.67. The van der Waals surface area contributed by atoms with Crippen LogP contribution in [0.25, 0.3) is 5.57 Å². The normalized spacial score (nSPS) is 11.7. The number of rotatable bonds is 5. The van der Waals surface area contributed by atoms with Gasteiger partial charge in [0.1, 0.15) is 11.6 Å². The monoisotopic (exact) mass is 418 g/mol. The molecule has 130 valence electrons. The fourth-order valence-corrected chi connectivity index (χ4v) is 2.16. The molecule has 3 N–H and O–H groups in total. The van der Waals surface area contributed by atoms with E-state index in [9.17, 15) is 18.0 Å². The number of anilines is 1. The molecule has 0 aliphatic heterocycles. The molecule has 0 saturated carbocycles. The van der Waals surface area contributed by atoms with E-state index in [0.717, 1.165) is 18.3 Å². The largest absolute Gasteiger partial charge is 0.573 e. The van der Waals surface area contributed by atoms with Gasteiger partial charge in [-0.2, -0.15) is 10.5 Å². The first-order chi connectivity index (χ1) is 11.7. The number of ether oxygens (including phenoxy) is 1. The smallest absolute Gasteiger partial charge is 0.478 e. The van der Waals surface area contributed by atoms with Crippen LogP contribution in [0, 0.1) is 11.3 Å². The van der Waals surface area contributed by atoms with E-state index in [2.05, 4.69) is 46.6 Å². The number of hydrogen-bond donors (Lipinski definition) is 3. The van der Waals surface area contributed by atoms with Crippen molar-refractivity contribution in [3.8, 4) is 11.8 Å². The number of tetrazole rings is 1. The number of nitrogens with zero attached hydrogens (tertiary/aromatic N) is 4. The Bertz CT molecular complexity index is 860. The van der Waals surface area contributed by atoms with E-state index in [1.54, 1.807) is 6.07 Å². The molecule has 0 fully saturated rings. The molecule has 0 bridgehead atoms. The van der Waals surface area contributed by atoms with Gasteiger partial charge >= 0.3 is 12.3 Å². The maximum atomic E-state index is 12.6. The highest BCUT2D eigenvalue weighted by atomic mass is 79.9. The summed E-state index contributed by atoms with van der Waals surface area (Å²) >= 11 is 2.83. The van der Waals surface area contributed by atoms with Gasteiger partial charge in [-0.15, -0.1) is 23.4 Å². The number of halogens is 4. The highest BCUT2D eigenvalue weighted by Crippen LogP contribution is 2.38. The average Bonchev–Trinajstić information content (AvgIpc) is 3.03. The highest BCUT2D eigenvalue weighted by molar-refractivity contribution is 9.10. The molecule has 0 aliphatic carbocycles. The Morgan fingerprint density at radius 1 is 1.48 bits per heavy atom. The van der Waals surface area contributed by atoms with Crippen molar-refractivity contribution in [3.63, 3.8) is 0 Å². The number of alkyl halides is 3. The summed E-state index contributed by atoms with van der Waals surface area (Å²) in [7, 11) is 0. The number of benzene rings is 1. The lowest BCUT2D eigenvalue weighted by atomic mass is 10.2. The van der Waals surface area contributed by atoms with E-state index in [-0.39, 0.29) is 27.1 Å². The molecule has 25 heavy (non-hydrogen) atoms. The lowest BCUT2D eigenvalue weighted by molar-refractivity contribution is -0.274. The first kappa shape index (κ1) is 18.2. The number of nitriles is 1. The van der Waals surface area contributed by atoms with Gasteiger partial charge in [-0.05, 0) is 33.3 Å². The Kier molecular flexibility index (Phi) is 5.22. The van der Waals surface area contributed by atoms with Crippen LogP contribution in [0.15, 0.2) is 22.8 Å². The van der Waals surface area contributed by atoms with E-state index in [1.165, 1.54) is 0 Å². The fraction of sp³-hybridized carbons (Fsp3) is 0.0833. The molecule has 0 amide bonds. The number of aromatic amines is 1. The van der Waals surface area contributed by atoms with Crippen LogP contribution in [0.5, 0.6) is 5.75 Å². The van der Waals surface area contributed by atoms with Crippen LogP contribution in [0.1, 0.15) is 16.2 Å². The summed E-state index contributed by atoms with van der Waals surface area (Å²) in [5, 5.41) is 32.9. The number of aromatic carboxylic acids is 1. The van der Waals surface area contributed by atoms with E-state index in [4.69, 9.17) is 10.4 Å². The predicted molar refractivity (Wildman–Crippen MR) is 79.2 cm³/mol. The minimum atomic E-state index is -5.01. The number of carbonyl (C=O) groups is 1. The van der Waals surface area contributed by atoms with Crippen molar-refractivity contribution >= 4 is 33.2 Å². The van der Waals surface area contributed by atoms with Gasteiger partial charge in [0, 0.05) is 6.20 Å². The summed E-state index contributed by atoms with van der Waals surface area (Å²) in [5.74, 6) is -2.19. The van der Waals surface area contributed by atoms with Crippen LogP contribution in [0.2, 0.25) is 0 Å². The Balaban J connectivity index is 2.46. The Morgan fingerprint density at radius 2 is 2.20 bits per heavy atom. The summed E-state index contributed by atoms with van der Waals surface area (Å²) in [5.41, 5.74) is -0.820. The van der Waals surface area contributed by atoms with Gasteiger partial charge in [0.25, 0.3) is 0 Å². The third-order valence-electron chi connectivity index (χ3n) is 2.59. The molecule has 0 atom stereocenters. The summed E-state index contributed by atoms with van der Waals surface area (Å²) in [4.78, 5) is 11.1. The Labute approximate surface area is 145 Å². The number of nitrogens with one attached hydrogen (secondary N) is 2. The zero-order valence-electron chi connectivity index (χ0n) is 11.8. The lowest BCUT2D eigenvalue weighted by Crippen LogP contribution is -2.18. The van der Waals surface area contributed by atoms with Crippen molar-refractivity contribution in [1.82, 2.24) is 20.6 Å². The van der Waals surface area contributed by atoms with Gasteiger partial charge in [0.15, 0.2) is 5.75 Å². The molecular weight excluding hydrogens is 413 g/mol. The van der Waals surface area contributed by atoms with Gasteiger partial charge in [0.05, 0.1) is 15.7 Å². The molecule has 1 aromatic carbocycles. The second kappa shape index (κ2) is 7.18. The molecule has 13 heteroatoms. The maximum absolute atomic E-state index is 12.6. The van der Waals surface area contributed by atoms with Crippen LogP contribution in [-0.2, 0) is 0 Å². The van der Waals surface area contributed by atoms with E-state index >= 15 is 0 Å². The van der Waals surface area contributed by atoms with Crippen LogP contribution < -0.4 is 10.1 Å². The van der Waals surface area contributed by atoms with Crippen molar-refractivity contribution in [2.75, 3.05) is 5.32 Å². The molecule has 0 radical (unpaired) electrons. The van der Waals surface area contributed by atoms with Crippen LogP contribution in [-0.4, -0.2) is 38.1 Å². The molecule has 2 rings (SSSR count). The summed E-state index contributed by atoms with van der Waals surface area (Å²) in [6.45, 7) is 0. The Morgan fingerprint density at radius 3 is 2.72 bits per heavy atom. The zero-order chi connectivity index (χ0) is 18.6. The van der Waals surface area contributed by atoms with E-state index in [0.29, 0.717) is 0 Å². The number of allylic oxidation sites excluding steroid dienone is 1. The van der Waals surface area contributed by atoms with Gasteiger partial charge in [-0.3, -0.25) is 0 Å². The quantitative estimate of drug-likeness (QED) is 0.629. The van der Waals surface area contributed by atoms with Gasteiger partial charge < -0.3 is 15.2 Å². The predicted octanol–water partition coefficient (Wildman–Crippen LogP) is 2.54. The molecule has 0 saturated heterocycles. The summed E-state index contributed by atoms with van der Waals surface area (Å²) in [6, 6.07) is 3.58. The first-order valence-electron chi connectivity index (χ1n) is 6.14. The summed E-state index contributed by atoms with van der Waals surface area (Å²) in [6.07, 6.45) is -4.03. The molecule has 1 aromatic heterocycles. The van der Waals surface area contributed by atoms with Gasteiger partial charge in [-0.25, -0.2) is 4.79 Å². The lowest BCUT2D eigenvalue weighted by Gasteiger charge is -2.15. The SMILES string of the molecule is N#CC(=CNc1cc(C(=O)O)cc(Br)c1OC(F)(F)F)c1nn[nH]n1.